The van der Waals surface area contributed by atoms with Crippen LogP contribution in [0.3, 0.4) is 0 Å². The number of phosphoric ester groups is 1. The molecule has 2 unspecified atom stereocenters. The summed E-state index contributed by atoms with van der Waals surface area (Å²) in [5.74, 6) is -1.41. The van der Waals surface area contributed by atoms with E-state index in [2.05, 4.69) is 13.1 Å². The minimum Gasteiger partial charge on any atom is -0.373 e. The lowest BCUT2D eigenvalue weighted by Crippen LogP contribution is -2.41. The highest BCUT2D eigenvalue weighted by Crippen LogP contribution is 2.66. The van der Waals surface area contributed by atoms with Gasteiger partial charge in [-0.05, 0) is 0 Å². The smallest absolute Gasteiger partial charge is 0.373 e. The van der Waals surface area contributed by atoms with E-state index in [1.54, 1.807) is 10.9 Å². The Balaban J connectivity index is 2.20. The molecule has 0 saturated carbocycles. The fourth-order valence-electron chi connectivity index (χ4n) is 2.42. The fourth-order valence-corrected chi connectivity index (χ4v) is 5.47. The van der Waals surface area contributed by atoms with Gasteiger partial charge < -0.3 is 29.4 Å². The number of aliphatic hydroxyl groups is 1. The van der Waals surface area contributed by atoms with Crippen LogP contribution in [0.2, 0.25) is 0 Å². The van der Waals surface area contributed by atoms with Gasteiger partial charge in [0.15, 0.2) is 11.8 Å². The number of aromatic amines is 1. The van der Waals surface area contributed by atoms with Gasteiger partial charge in [0.2, 0.25) is 5.85 Å². The summed E-state index contributed by atoms with van der Waals surface area (Å²) in [6.45, 7) is -1.59. The van der Waals surface area contributed by atoms with Gasteiger partial charge in [-0.15, -0.1) is 6.42 Å². The molecule has 1 aromatic rings. The Labute approximate surface area is 170 Å². The second kappa shape index (κ2) is 8.45. The summed E-state index contributed by atoms with van der Waals surface area (Å²) in [5.41, 5.74) is -4.51. The first-order valence-corrected chi connectivity index (χ1v) is 12.1. The lowest BCUT2D eigenvalue weighted by molar-refractivity contribution is -0.181. The summed E-state index contributed by atoms with van der Waals surface area (Å²) in [7, 11) is -17.2. The maximum Gasteiger partial charge on any atom is 0.490 e. The van der Waals surface area contributed by atoms with Crippen molar-refractivity contribution in [3.8, 4) is 12.3 Å². The summed E-state index contributed by atoms with van der Waals surface area (Å²) >= 11 is 0. The van der Waals surface area contributed by atoms with Crippen molar-refractivity contribution in [2.24, 2.45) is 0 Å². The Morgan fingerprint density at radius 2 is 1.87 bits per heavy atom. The summed E-state index contributed by atoms with van der Waals surface area (Å²) in [4.78, 5) is 60.2. The highest BCUT2D eigenvalue weighted by molar-refractivity contribution is 7.66. The third kappa shape index (κ3) is 6.74. The number of rotatable bonds is 8. The quantitative estimate of drug-likeness (QED) is 0.178. The maximum atomic E-state index is 15.0. The van der Waals surface area contributed by atoms with E-state index in [1.165, 1.54) is 0 Å². The molecular formula is C11H14FN2O14P3. The first-order valence-electron chi connectivity index (χ1n) is 7.56. The van der Waals surface area contributed by atoms with Crippen molar-refractivity contribution >= 4 is 23.5 Å². The van der Waals surface area contributed by atoms with E-state index in [0.717, 1.165) is 12.3 Å². The molecule has 1 aromatic heterocycles. The molecule has 6 N–H and O–H groups in total. The lowest BCUT2D eigenvalue weighted by atomic mass is 9.98. The first kappa shape index (κ1) is 25.8. The average Bonchev–Trinajstić information content (AvgIpc) is 2.82. The number of aromatic nitrogens is 2. The van der Waals surface area contributed by atoms with Gasteiger partial charge in [-0.3, -0.25) is 18.9 Å². The van der Waals surface area contributed by atoms with Gasteiger partial charge in [0.05, 0.1) is 6.42 Å². The molecule has 2 heterocycles. The van der Waals surface area contributed by atoms with Crippen LogP contribution in [0.25, 0.3) is 0 Å². The van der Waals surface area contributed by atoms with Gasteiger partial charge in [-0.2, -0.15) is 8.62 Å². The second-order valence-electron chi connectivity index (χ2n) is 5.98. The van der Waals surface area contributed by atoms with Crippen molar-refractivity contribution in [1.29, 1.82) is 0 Å². The zero-order valence-corrected chi connectivity index (χ0v) is 17.5. The lowest BCUT2D eigenvalue weighted by Gasteiger charge is -2.23. The third-order valence-electron chi connectivity index (χ3n) is 3.48. The minimum atomic E-state index is -5.85. The molecular weight excluding hydrogens is 496 g/mol. The molecule has 0 radical (unpaired) electrons. The zero-order chi connectivity index (χ0) is 23.9. The number of hydrogen-bond donors (Lipinski definition) is 6. The molecule has 0 aromatic carbocycles. The highest BCUT2D eigenvalue weighted by Gasteiger charge is 2.58. The normalized spacial score (nSPS) is 30.3. The van der Waals surface area contributed by atoms with Crippen LogP contribution in [-0.4, -0.2) is 52.3 Å². The predicted molar refractivity (Wildman–Crippen MR) is 93.5 cm³/mol. The second-order valence-corrected chi connectivity index (χ2v) is 10.4. The molecule has 16 nitrogen and oxygen atoms in total. The van der Waals surface area contributed by atoms with Crippen LogP contribution in [0.15, 0.2) is 21.9 Å². The minimum absolute atomic E-state index is 0.521. The number of nitrogens with zero attached hydrogens (tertiary/aromatic N) is 1. The third-order valence-corrected chi connectivity index (χ3v) is 7.26. The van der Waals surface area contributed by atoms with Crippen molar-refractivity contribution in [2.75, 3.05) is 6.61 Å². The van der Waals surface area contributed by atoms with Gasteiger partial charge in [-0.25, -0.2) is 22.9 Å². The zero-order valence-electron chi connectivity index (χ0n) is 14.8. The van der Waals surface area contributed by atoms with Crippen molar-refractivity contribution < 1.29 is 60.6 Å². The molecule has 5 atom stereocenters. The molecule has 0 amide bonds. The number of terminal acetylenes is 1. The Morgan fingerprint density at radius 1 is 1.26 bits per heavy atom. The van der Waals surface area contributed by atoms with Crippen molar-refractivity contribution in [3.05, 3.63) is 33.1 Å². The van der Waals surface area contributed by atoms with Crippen LogP contribution < -0.4 is 11.2 Å². The van der Waals surface area contributed by atoms with E-state index in [0.29, 0.717) is 4.57 Å². The molecule has 0 spiro atoms. The summed E-state index contributed by atoms with van der Waals surface area (Å²) < 4.78 is 65.0. The van der Waals surface area contributed by atoms with Crippen molar-refractivity contribution in [2.45, 2.75) is 24.1 Å². The monoisotopic (exact) mass is 510 g/mol. The molecule has 1 fully saturated rings. The molecule has 1 aliphatic rings. The maximum absolute atomic E-state index is 15.0. The Morgan fingerprint density at radius 3 is 2.39 bits per heavy atom. The van der Waals surface area contributed by atoms with Gasteiger partial charge in [0.25, 0.3) is 5.56 Å². The van der Waals surface area contributed by atoms with Crippen LogP contribution in [0.4, 0.5) is 4.39 Å². The van der Waals surface area contributed by atoms with Crippen LogP contribution in [0.1, 0.15) is 12.6 Å². The fraction of sp³-hybridized carbons (Fsp3) is 0.455. The largest absolute Gasteiger partial charge is 0.490 e. The number of nitrogens with one attached hydrogen (secondary N) is 1. The summed E-state index contributed by atoms with van der Waals surface area (Å²) in [6, 6.07) is 0.825. The number of alkyl halides is 1. The number of hydrogen-bond acceptors (Lipinski definition) is 10. The topological polar surface area (TPSA) is 244 Å². The molecule has 174 valence electrons. The van der Waals surface area contributed by atoms with Crippen LogP contribution in [0, 0.1) is 12.3 Å². The molecule has 2 rings (SSSR count). The van der Waals surface area contributed by atoms with Crippen LogP contribution in [-0.2, 0) is 31.6 Å². The standard InChI is InChI=1S/C11H14FN2O14P3/c1-2-10(17)5-11(12,26-8(10)14-4-3-7(15)13-9(14)16)6-25-30(21,22)28-31(23,24)27-29(18,19)20/h1,3-4,8,17H,5-6H2,(H,21,22)(H,23,24)(H,13,15,16)(H2,18,19,20)/t8-,10-,11+/m1/s1. The Bertz CT molecular complexity index is 1150. The first-order chi connectivity index (χ1) is 13.9. The predicted octanol–water partition coefficient (Wildman–Crippen LogP) is -1.17. The van der Waals surface area contributed by atoms with Crippen molar-refractivity contribution in [1.82, 2.24) is 9.55 Å². The Hall–Kier alpha value is -1.50. The van der Waals surface area contributed by atoms with Crippen molar-refractivity contribution in [3.63, 3.8) is 0 Å². The average molecular weight is 510 g/mol. The number of phosphoric acid groups is 3. The number of ether oxygens (including phenoxy) is 1. The van der Waals surface area contributed by atoms with E-state index in [-0.39, 0.29) is 0 Å². The van der Waals surface area contributed by atoms with E-state index < -0.39 is 65.4 Å². The van der Waals surface area contributed by atoms with E-state index in [9.17, 15) is 33.3 Å². The molecule has 1 saturated heterocycles. The van der Waals surface area contributed by atoms with E-state index >= 15 is 4.39 Å². The van der Waals surface area contributed by atoms with E-state index in [1.807, 2.05) is 0 Å². The summed E-state index contributed by atoms with van der Waals surface area (Å²) in [5, 5.41) is 10.4. The molecule has 1 aliphatic heterocycles. The van der Waals surface area contributed by atoms with Gasteiger partial charge >= 0.3 is 29.2 Å². The van der Waals surface area contributed by atoms with Gasteiger partial charge in [-0.1, -0.05) is 5.92 Å². The molecule has 31 heavy (non-hydrogen) atoms. The van der Waals surface area contributed by atoms with Gasteiger partial charge in [0.1, 0.15) is 6.61 Å². The summed E-state index contributed by atoms with van der Waals surface area (Å²) in [6.07, 6.45) is 2.88. The number of H-pyrrole nitrogens is 1. The van der Waals surface area contributed by atoms with Crippen LogP contribution in [0.5, 0.6) is 0 Å². The van der Waals surface area contributed by atoms with Crippen LogP contribution >= 0.6 is 23.5 Å². The molecule has 0 aliphatic carbocycles. The van der Waals surface area contributed by atoms with Gasteiger partial charge in [0, 0.05) is 12.3 Å². The SMILES string of the molecule is C#C[C@@]1(O)C[C@@](F)(COP(=O)(O)OP(=O)(O)OP(=O)(O)O)O[C@H]1n1ccc(=O)[nH]c1=O. The Kier molecular flexibility index (Phi) is 7.02. The highest BCUT2D eigenvalue weighted by atomic mass is 31.3. The molecule has 20 heteroatoms. The van der Waals surface area contributed by atoms with E-state index in [4.69, 9.17) is 25.8 Å². The number of halogens is 1. The molecule has 0 bridgehead atoms.